The molecule has 28 heavy (non-hydrogen) atoms. The molecule has 7 nitrogen and oxygen atoms in total. The van der Waals surface area contributed by atoms with Gasteiger partial charge in [0.05, 0.1) is 14.2 Å². The number of aromatic nitrogens is 3. The average molecular weight is 400 g/mol. The fourth-order valence-corrected chi connectivity index (χ4v) is 3.35. The summed E-state index contributed by atoms with van der Waals surface area (Å²) in [6.45, 7) is 1.89. The second-order valence-electron chi connectivity index (χ2n) is 6.39. The molecule has 1 aliphatic rings. The minimum atomic E-state index is 0. The van der Waals surface area contributed by atoms with Crippen molar-refractivity contribution < 1.29 is 9.47 Å². The summed E-state index contributed by atoms with van der Waals surface area (Å²) in [5.41, 5.74) is 8.29. The van der Waals surface area contributed by atoms with Crippen LogP contribution in [0, 0.1) is 11.8 Å². The predicted molar refractivity (Wildman–Crippen MR) is 110 cm³/mol. The van der Waals surface area contributed by atoms with Gasteiger partial charge in [-0.25, -0.2) is 9.97 Å². The van der Waals surface area contributed by atoms with Gasteiger partial charge in [-0.3, -0.25) is 4.40 Å². The van der Waals surface area contributed by atoms with E-state index in [1.165, 1.54) is 0 Å². The molecule has 3 heterocycles. The lowest BCUT2D eigenvalue weighted by Gasteiger charge is -2.06. The van der Waals surface area contributed by atoms with Crippen molar-refractivity contribution >= 4 is 23.7 Å². The van der Waals surface area contributed by atoms with Crippen molar-refractivity contribution in [3.05, 3.63) is 47.7 Å². The van der Waals surface area contributed by atoms with Gasteiger partial charge in [-0.05, 0) is 31.0 Å². The lowest BCUT2D eigenvalue weighted by atomic mass is 10.1. The van der Waals surface area contributed by atoms with E-state index in [4.69, 9.17) is 20.2 Å². The monoisotopic (exact) mass is 399 g/mol. The number of methoxy groups -OCH3 is 2. The maximum Gasteiger partial charge on any atom is 0.150 e. The van der Waals surface area contributed by atoms with Crippen molar-refractivity contribution in [3.63, 3.8) is 0 Å². The molecule has 1 unspecified atom stereocenters. The molecular weight excluding hydrogens is 378 g/mol. The number of hydrogen-bond donors (Lipinski definition) is 2. The Morgan fingerprint density at radius 3 is 2.57 bits per heavy atom. The van der Waals surface area contributed by atoms with Crippen LogP contribution in [0.2, 0.25) is 0 Å². The summed E-state index contributed by atoms with van der Waals surface area (Å²) >= 11 is 0. The first kappa shape index (κ1) is 19.8. The van der Waals surface area contributed by atoms with Gasteiger partial charge in [-0.15, -0.1) is 12.4 Å². The number of halogens is 1. The van der Waals surface area contributed by atoms with Crippen LogP contribution in [0.4, 0.5) is 5.82 Å². The molecule has 1 aliphatic heterocycles. The Hall–Kier alpha value is -2.95. The molecule has 0 bridgehead atoms. The van der Waals surface area contributed by atoms with Crippen molar-refractivity contribution in [1.29, 1.82) is 0 Å². The second-order valence-corrected chi connectivity index (χ2v) is 6.39. The Morgan fingerprint density at radius 1 is 1.18 bits per heavy atom. The van der Waals surface area contributed by atoms with Gasteiger partial charge >= 0.3 is 0 Å². The Morgan fingerprint density at radius 2 is 1.93 bits per heavy atom. The number of hydrogen-bond acceptors (Lipinski definition) is 6. The van der Waals surface area contributed by atoms with Crippen molar-refractivity contribution in [2.24, 2.45) is 0 Å². The zero-order valence-electron chi connectivity index (χ0n) is 15.7. The standard InChI is InChI=1S/C20H21N5O2.ClH/c1-26-15-9-13(10-16(11-15)27-2)3-4-17-18-19(21)23-7-8-25(18)20(24-17)14-5-6-22-12-14;/h7-11,14,22H,5-6,12H2,1-2H3,(H2,21,23);1H. The van der Waals surface area contributed by atoms with Crippen LogP contribution in [0.5, 0.6) is 11.5 Å². The van der Waals surface area contributed by atoms with E-state index in [-0.39, 0.29) is 12.4 Å². The topological polar surface area (TPSA) is 86.7 Å². The van der Waals surface area contributed by atoms with Gasteiger partial charge in [0.2, 0.25) is 0 Å². The van der Waals surface area contributed by atoms with Crippen molar-refractivity contribution in [2.45, 2.75) is 12.3 Å². The van der Waals surface area contributed by atoms with Crippen molar-refractivity contribution in [3.8, 4) is 23.3 Å². The van der Waals surface area contributed by atoms with Crippen molar-refractivity contribution in [1.82, 2.24) is 19.7 Å². The molecule has 3 aromatic rings. The Kier molecular flexibility index (Phi) is 5.93. The SMILES string of the molecule is COc1cc(C#Cc2nc(C3CCNC3)n3ccnc(N)c23)cc(OC)c1.Cl. The number of imidazole rings is 1. The fraction of sp³-hybridized carbons (Fsp3) is 0.300. The molecule has 1 atom stereocenters. The lowest BCUT2D eigenvalue weighted by Crippen LogP contribution is -2.10. The van der Waals surface area contributed by atoms with Crippen LogP contribution < -0.4 is 20.5 Å². The molecule has 2 aromatic heterocycles. The third kappa shape index (κ3) is 3.70. The Bertz CT molecular complexity index is 1030. The summed E-state index contributed by atoms with van der Waals surface area (Å²) in [4.78, 5) is 9.01. The normalized spacial score (nSPS) is 15.6. The zero-order valence-corrected chi connectivity index (χ0v) is 16.5. The van der Waals surface area contributed by atoms with E-state index in [0.717, 1.165) is 36.4 Å². The highest BCUT2D eigenvalue weighted by Gasteiger charge is 2.23. The molecule has 1 saturated heterocycles. The number of benzene rings is 1. The molecule has 8 heteroatoms. The molecule has 3 N–H and O–H groups in total. The van der Waals surface area contributed by atoms with E-state index in [2.05, 4.69) is 22.1 Å². The molecule has 146 valence electrons. The van der Waals surface area contributed by atoms with Crippen LogP contribution in [-0.4, -0.2) is 41.7 Å². The number of nitrogens with one attached hydrogen (secondary N) is 1. The van der Waals surface area contributed by atoms with Gasteiger partial charge in [0, 0.05) is 36.5 Å². The van der Waals surface area contributed by atoms with Crippen LogP contribution in [0.25, 0.3) is 5.52 Å². The average Bonchev–Trinajstić information content (AvgIpc) is 3.34. The van der Waals surface area contributed by atoms with Gasteiger partial charge in [0.25, 0.3) is 0 Å². The maximum atomic E-state index is 6.13. The largest absolute Gasteiger partial charge is 0.497 e. The van der Waals surface area contributed by atoms with Crippen LogP contribution >= 0.6 is 12.4 Å². The lowest BCUT2D eigenvalue weighted by molar-refractivity contribution is 0.394. The van der Waals surface area contributed by atoms with E-state index >= 15 is 0 Å². The Balaban J connectivity index is 0.00000225. The number of nitrogen functional groups attached to an aromatic ring is 1. The minimum absolute atomic E-state index is 0. The first-order chi connectivity index (χ1) is 13.2. The highest BCUT2D eigenvalue weighted by molar-refractivity contribution is 5.85. The Labute approximate surface area is 169 Å². The number of ether oxygens (including phenoxy) is 2. The molecule has 0 amide bonds. The molecule has 0 spiro atoms. The molecule has 0 saturated carbocycles. The summed E-state index contributed by atoms with van der Waals surface area (Å²) in [6.07, 6.45) is 4.63. The number of fused-ring (bicyclic) bond motifs is 1. The number of nitrogens with two attached hydrogens (primary N) is 1. The van der Waals surface area contributed by atoms with Gasteiger partial charge in [0.1, 0.15) is 28.5 Å². The number of anilines is 1. The summed E-state index contributed by atoms with van der Waals surface area (Å²) in [7, 11) is 3.23. The quantitative estimate of drug-likeness (QED) is 0.657. The predicted octanol–water partition coefficient (Wildman–Crippen LogP) is 2.23. The molecular formula is C20H22ClN5O2. The number of nitrogens with zero attached hydrogens (tertiary/aromatic N) is 3. The van der Waals surface area contributed by atoms with Crippen molar-refractivity contribution in [2.75, 3.05) is 33.0 Å². The van der Waals surface area contributed by atoms with Crippen LogP contribution in [0.3, 0.4) is 0 Å². The van der Waals surface area contributed by atoms with Crippen LogP contribution in [-0.2, 0) is 0 Å². The van der Waals surface area contributed by atoms with E-state index < -0.39 is 0 Å². The van der Waals surface area contributed by atoms with Gasteiger partial charge < -0.3 is 20.5 Å². The smallest absolute Gasteiger partial charge is 0.150 e. The maximum absolute atomic E-state index is 6.13. The van der Waals surface area contributed by atoms with Gasteiger partial charge in [-0.2, -0.15) is 0 Å². The highest BCUT2D eigenvalue weighted by Crippen LogP contribution is 2.26. The first-order valence-electron chi connectivity index (χ1n) is 8.78. The minimum Gasteiger partial charge on any atom is -0.497 e. The van der Waals surface area contributed by atoms with Crippen LogP contribution in [0.1, 0.15) is 29.4 Å². The first-order valence-corrected chi connectivity index (χ1v) is 8.78. The van der Waals surface area contributed by atoms with Crippen LogP contribution in [0.15, 0.2) is 30.6 Å². The fourth-order valence-electron chi connectivity index (χ4n) is 3.35. The summed E-state index contributed by atoms with van der Waals surface area (Å²) in [5, 5.41) is 3.38. The molecule has 0 radical (unpaired) electrons. The van der Waals surface area contributed by atoms with E-state index in [9.17, 15) is 0 Å². The summed E-state index contributed by atoms with van der Waals surface area (Å²) < 4.78 is 12.6. The summed E-state index contributed by atoms with van der Waals surface area (Å²) in [6, 6.07) is 5.53. The molecule has 0 aliphatic carbocycles. The third-order valence-electron chi connectivity index (χ3n) is 4.71. The highest BCUT2D eigenvalue weighted by atomic mass is 35.5. The third-order valence-corrected chi connectivity index (χ3v) is 4.71. The molecule has 1 fully saturated rings. The molecule has 4 rings (SSSR count). The second kappa shape index (κ2) is 8.38. The van der Waals surface area contributed by atoms with E-state index in [0.29, 0.717) is 28.9 Å². The van der Waals surface area contributed by atoms with Gasteiger partial charge in [0.15, 0.2) is 5.82 Å². The van der Waals surface area contributed by atoms with Gasteiger partial charge in [-0.1, -0.05) is 5.92 Å². The zero-order chi connectivity index (χ0) is 18.8. The molecule has 1 aromatic carbocycles. The summed E-state index contributed by atoms with van der Waals surface area (Å²) in [5.74, 6) is 9.42. The van der Waals surface area contributed by atoms with E-state index in [1.807, 2.05) is 28.8 Å². The van der Waals surface area contributed by atoms with E-state index in [1.54, 1.807) is 20.4 Å². The number of rotatable bonds is 3.